The Kier molecular flexibility index (Phi) is 5.84. The lowest BCUT2D eigenvalue weighted by Crippen LogP contribution is -2.36. The third-order valence-corrected chi connectivity index (χ3v) is 4.01. The molecule has 0 aromatic heterocycles. The summed E-state index contributed by atoms with van der Waals surface area (Å²) < 4.78 is 5.53. The number of thioether (sulfide) groups is 1. The van der Waals surface area contributed by atoms with E-state index < -0.39 is 0 Å². The van der Waals surface area contributed by atoms with Crippen LogP contribution in [0.5, 0.6) is 0 Å². The maximum atomic E-state index is 11.6. The number of thiocyanates is 1. The van der Waals surface area contributed by atoms with Gasteiger partial charge in [0.25, 0.3) is 0 Å². The predicted molar refractivity (Wildman–Crippen MR) is 69.3 cm³/mol. The van der Waals surface area contributed by atoms with E-state index >= 15 is 0 Å². The third kappa shape index (κ3) is 4.59. The van der Waals surface area contributed by atoms with E-state index in [9.17, 15) is 4.79 Å². The Morgan fingerprint density at radius 3 is 2.82 bits per heavy atom. The van der Waals surface area contributed by atoms with Gasteiger partial charge in [0.1, 0.15) is 17.3 Å². The molecule has 1 aliphatic rings. The van der Waals surface area contributed by atoms with E-state index in [0.717, 1.165) is 24.6 Å². The number of carbonyl (C=O) groups excluding carboxylic acids is 1. The SMILES string of the molecule is CC(C)[C@@H]1CC[C@@H](C)C[C@H]1OC(=O)CSC#N. The van der Waals surface area contributed by atoms with E-state index in [4.69, 9.17) is 10.00 Å². The van der Waals surface area contributed by atoms with Crippen LogP contribution in [-0.4, -0.2) is 17.8 Å². The predicted octanol–water partition coefficient (Wildman–Crippen LogP) is 3.20. The van der Waals surface area contributed by atoms with Crippen molar-refractivity contribution in [2.75, 3.05) is 5.75 Å². The lowest BCUT2D eigenvalue weighted by atomic mass is 9.75. The summed E-state index contributed by atoms with van der Waals surface area (Å²) in [6.07, 6.45) is 3.38. The largest absolute Gasteiger partial charge is 0.461 e. The number of carbonyl (C=O) groups is 1. The van der Waals surface area contributed by atoms with Gasteiger partial charge in [0.2, 0.25) is 0 Å². The zero-order chi connectivity index (χ0) is 12.8. The fourth-order valence-electron chi connectivity index (χ4n) is 2.54. The molecule has 1 aliphatic carbocycles. The molecule has 0 aromatic rings. The molecular weight excluding hydrogens is 234 g/mol. The molecule has 3 atom stereocenters. The first-order chi connectivity index (χ1) is 8.04. The molecule has 4 heteroatoms. The number of rotatable bonds is 4. The molecule has 17 heavy (non-hydrogen) atoms. The van der Waals surface area contributed by atoms with Crippen LogP contribution in [0, 0.1) is 28.4 Å². The Bertz CT molecular complexity index is 298. The second kappa shape index (κ2) is 6.90. The molecule has 0 saturated heterocycles. The van der Waals surface area contributed by atoms with Gasteiger partial charge in [0.15, 0.2) is 0 Å². The molecule has 1 saturated carbocycles. The normalized spacial score (nSPS) is 28.8. The Balaban J connectivity index is 2.52. The Morgan fingerprint density at radius 1 is 1.53 bits per heavy atom. The molecule has 1 fully saturated rings. The van der Waals surface area contributed by atoms with Gasteiger partial charge in [0.05, 0.1) is 0 Å². The average Bonchev–Trinajstić information content (AvgIpc) is 2.26. The summed E-state index contributed by atoms with van der Waals surface area (Å²) >= 11 is 0.946. The molecule has 0 aromatic carbocycles. The van der Waals surface area contributed by atoms with Crippen LogP contribution in [0.25, 0.3) is 0 Å². The molecule has 0 amide bonds. The van der Waals surface area contributed by atoms with Crippen molar-refractivity contribution in [3.05, 3.63) is 0 Å². The van der Waals surface area contributed by atoms with Crippen LogP contribution in [0.3, 0.4) is 0 Å². The van der Waals surface area contributed by atoms with Gasteiger partial charge in [-0.05, 0) is 42.4 Å². The Labute approximate surface area is 108 Å². The summed E-state index contributed by atoms with van der Waals surface area (Å²) in [5.74, 6) is 1.55. The third-order valence-electron chi connectivity index (χ3n) is 3.50. The van der Waals surface area contributed by atoms with Gasteiger partial charge in [-0.2, -0.15) is 5.26 Å². The molecule has 0 N–H and O–H groups in total. The quantitative estimate of drug-likeness (QED) is 0.572. The minimum atomic E-state index is -0.249. The van der Waals surface area contributed by atoms with E-state index in [2.05, 4.69) is 20.8 Å². The molecule has 3 nitrogen and oxygen atoms in total. The lowest BCUT2D eigenvalue weighted by molar-refractivity contribution is -0.152. The van der Waals surface area contributed by atoms with E-state index in [1.807, 2.05) is 5.40 Å². The van der Waals surface area contributed by atoms with Crippen LogP contribution < -0.4 is 0 Å². The molecule has 0 spiro atoms. The fourth-order valence-corrected chi connectivity index (χ4v) is 2.79. The van der Waals surface area contributed by atoms with Gasteiger partial charge >= 0.3 is 5.97 Å². The lowest BCUT2D eigenvalue weighted by Gasteiger charge is -2.36. The number of nitriles is 1. The molecule has 0 radical (unpaired) electrons. The summed E-state index contributed by atoms with van der Waals surface area (Å²) in [4.78, 5) is 11.6. The minimum absolute atomic E-state index is 0.0468. The summed E-state index contributed by atoms with van der Waals surface area (Å²) in [5, 5.41) is 10.3. The van der Waals surface area contributed by atoms with Crippen LogP contribution in [0.15, 0.2) is 0 Å². The van der Waals surface area contributed by atoms with Gasteiger partial charge in [-0.1, -0.05) is 27.2 Å². The maximum Gasteiger partial charge on any atom is 0.317 e. The number of esters is 1. The average molecular weight is 255 g/mol. The van der Waals surface area contributed by atoms with Crippen LogP contribution in [0.2, 0.25) is 0 Å². The topological polar surface area (TPSA) is 50.1 Å². The van der Waals surface area contributed by atoms with Crippen molar-refractivity contribution in [3.8, 4) is 5.40 Å². The molecule has 0 unspecified atom stereocenters. The number of hydrogen-bond acceptors (Lipinski definition) is 4. The Hall–Kier alpha value is -0.690. The van der Waals surface area contributed by atoms with Crippen LogP contribution >= 0.6 is 11.8 Å². The number of hydrogen-bond donors (Lipinski definition) is 0. The van der Waals surface area contributed by atoms with E-state index in [1.165, 1.54) is 6.42 Å². The van der Waals surface area contributed by atoms with Crippen LogP contribution in [0.4, 0.5) is 0 Å². The van der Waals surface area contributed by atoms with Crippen LogP contribution in [0.1, 0.15) is 40.0 Å². The highest BCUT2D eigenvalue weighted by Crippen LogP contribution is 2.35. The second-order valence-corrected chi connectivity index (χ2v) is 5.99. The minimum Gasteiger partial charge on any atom is -0.461 e. The van der Waals surface area contributed by atoms with Crippen molar-refractivity contribution in [1.82, 2.24) is 0 Å². The first-order valence-electron chi connectivity index (χ1n) is 6.25. The number of ether oxygens (including phenoxy) is 1. The highest BCUT2D eigenvalue weighted by atomic mass is 32.2. The number of nitrogens with zero attached hydrogens (tertiary/aromatic N) is 1. The van der Waals surface area contributed by atoms with E-state index in [0.29, 0.717) is 17.8 Å². The fraction of sp³-hybridized carbons (Fsp3) is 0.846. The molecule has 0 heterocycles. The van der Waals surface area contributed by atoms with Crippen molar-refractivity contribution >= 4 is 17.7 Å². The second-order valence-electron chi connectivity index (χ2n) is 5.23. The van der Waals surface area contributed by atoms with E-state index in [1.54, 1.807) is 0 Å². The molecule has 1 rings (SSSR count). The summed E-state index contributed by atoms with van der Waals surface area (Å²) in [5.41, 5.74) is 0. The zero-order valence-electron chi connectivity index (χ0n) is 10.8. The monoisotopic (exact) mass is 255 g/mol. The van der Waals surface area contributed by atoms with Gasteiger partial charge in [-0.15, -0.1) is 0 Å². The van der Waals surface area contributed by atoms with Crippen molar-refractivity contribution in [2.45, 2.75) is 46.1 Å². The molecule has 0 aliphatic heterocycles. The summed E-state index contributed by atoms with van der Waals surface area (Å²) in [6.45, 7) is 6.58. The van der Waals surface area contributed by atoms with Gasteiger partial charge in [-0.3, -0.25) is 4.79 Å². The molecule has 96 valence electrons. The smallest absolute Gasteiger partial charge is 0.317 e. The summed E-state index contributed by atoms with van der Waals surface area (Å²) in [6, 6.07) is 0. The van der Waals surface area contributed by atoms with Gasteiger partial charge in [0, 0.05) is 0 Å². The highest BCUT2D eigenvalue weighted by Gasteiger charge is 2.33. The van der Waals surface area contributed by atoms with Crippen LogP contribution in [-0.2, 0) is 9.53 Å². The molecule has 0 bridgehead atoms. The summed E-state index contributed by atoms with van der Waals surface area (Å²) in [7, 11) is 0. The maximum absolute atomic E-state index is 11.6. The molecular formula is C13H21NO2S. The van der Waals surface area contributed by atoms with Gasteiger partial charge in [-0.25, -0.2) is 0 Å². The van der Waals surface area contributed by atoms with Crippen molar-refractivity contribution in [3.63, 3.8) is 0 Å². The first kappa shape index (κ1) is 14.4. The first-order valence-corrected chi connectivity index (χ1v) is 7.23. The Morgan fingerprint density at radius 2 is 2.24 bits per heavy atom. The van der Waals surface area contributed by atoms with Crippen molar-refractivity contribution in [2.24, 2.45) is 17.8 Å². The van der Waals surface area contributed by atoms with Crippen molar-refractivity contribution in [1.29, 1.82) is 5.26 Å². The van der Waals surface area contributed by atoms with E-state index in [-0.39, 0.29) is 17.8 Å². The van der Waals surface area contributed by atoms with Crippen molar-refractivity contribution < 1.29 is 9.53 Å². The highest BCUT2D eigenvalue weighted by molar-refractivity contribution is 8.04. The zero-order valence-corrected chi connectivity index (χ0v) is 11.6. The standard InChI is InChI=1S/C13H21NO2S/c1-9(2)11-5-4-10(3)6-12(11)16-13(15)7-17-8-14/h9-12H,4-7H2,1-3H3/t10-,11+,12-/m1/s1. The van der Waals surface area contributed by atoms with Gasteiger partial charge < -0.3 is 4.74 Å².